The first-order valence-corrected chi connectivity index (χ1v) is 8.93. The molecule has 0 unspecified atom stereocenters. The van der Waals surface area contributed by atoms with Crippen LogP contribution >= 0.6 is 0 Å². The molecule has 0 spiro atoms. The number of ether oxygens (including phenoxy) is 1. The fourth-order valence-electron chi connectivity index (χ4n) is 3.10. The quantitative estimate of drug-likeness (QED) is 0.559. The number of H-pyrrole nitrogens is 1. The van der Waals surface area contributed by atoms with Crippen LogP contribution in [0.2, 0.25) is 0 Å². The van der Waals surface area contributed by atoms with Crippen molar-refractivity contribution in [3.63, 3.8) is 0 Å². The smallest absolute Gasteiger partial charge is 0.120 e. The Bertz CT molecular complexity index is 1040. The summed E-state index contributed by atoms with van der Waals surface area (Å²) in [5.41, 5.74) is 5.43. The van der Waals surface area contributed by atoms with E-state index in [-0.39, 0.29) is 0 Å². The van der Waals surface area contributed by atoms with Crippen LogP contribution in [0, 0.1) is 0 Å². The summed E-state index contributed by atoms with van der Waals surface area (Å²) < 4.78 is 5.94. The van der Waals surface area contributed by atoms with E-state index in [0.717, 1.165) is 45.6 Å². The molecule has 4 aromatic rings. The Balaban J connectivity index is 1.59. The summed E-state index contributed by atoms with van der Waals surface area (Å²) in [6, 6.07) is 18.5. The Morgan fingerprint density at radius 2 is 1.89 bits per heavy atom. The fourth-order valence-corrected chi connectivity index (χ4v) is 3.10. The van der Waals surface area contributed by atoms with Gasteiger partial charge in [0.05, 0.1) is 11.2 Å². The van der Waals surface area contributed by atoms with Gasteiger partial charge in [-0.3, -0.25) is 10.1 Å². The Kier molecular flexibility index (Phi) is 4.85. The van der Waals surface area contributed by atoms with E-state index >= 15 is 0 Å². The topological polar surface area (TPSA) is 54.0 Å². The highest BCUT2D eigenvalue weighted by atomic mass is 16.5. The third kappa shape index (κ3) is 3.99. The predicted octanol–water partition coefficient (Wildman–Crippen LogP) is 4.27. The second-order valence-corrected chi connectivity index (χ2v) is 6.85. The van der Waals surface area contributed by atoms with Gasteiger partial charge in [0.1, 0.15) is 12.4 Å². The summed E-state index contributed by atoms with van der Waals surface area (Å²) in [5, 5.41) is 8.71. The van der Waals surface area contributed by atoms with E-state index < -0.39 is 0 Å². The normalized spacial score (nSPS) is 11.2. The van der Waals surface area contributed by atoms with Crippen molar-refractivity contribution in [2.75, 3.05) is 14.1 Å². The van der Waals surface area contributed by atoms with Crippen LogP contribution in [-0.4, -0.2) is 34.2 Å². The Hall–Kier alpha value is -3.18. The van der Waals surface area contributed by atoms with E-state index in [9.17, 15) is 0 Å². The van der Waals surface area contributed by atoms with Gasteiger partial charge in [-0.25, -0.2) is 0 Å². The number of fused-ring (bicyclic) bond motifs is 1. The summed E-state index contributed by atoms with van der Waals surface area (Å²) >= 11 is 0. The van der Waals surface area contributed by atoms with Crippen molar-refractivity contribution in [3.8, 4) is 16.9 Å². The minimum Gasteiger partial charge on any atom is -0.489 e. The summed E-state index contributed by atoms with van der Waals surface area (Å²) in [6.45, 7) is 1.33. The molecule has 27 heavy (non-hydrogen) atoms. The molecule has 0 saturated carbocycles. The first-order chi connectivity index (χ1) is 13.2. The van der Waals surface area contributed by atoms with Crippen LogP contribution < -0.4 is 4.74 Å². The average molecular weight is 358 g/mol. The Morgan fingerprint density at radius 3 is 2.70 bits per heavy atom. The largest absolute Gasteiger partial charge is 0.489 e. The Morgan fingerprint density at radius 1 is 1.00 bits per heavy atom. The van der Waals surface area contributed by atoms with Crippen LogP contribution in [0.1, 0.15) is 11.3 Å². The standard InChI is InChI=1S/C22H22N4O/c1-26(2)14-22-20-12-18(8-9-21(20)24-25-22)17-6-3-7-19(11-17)27-15-16-5-4-10-23-13-16/h3-13H,14-15H2,1-2H3,(H,24,25). The lowest BCUT2D eigenvalue weighted by molar-refractivity contribution is 0.306. The zero-order valence-corrected chi connectivity index (χ0v) is 15.5. The molecule has 2 aromatic heterocycles. The van der Waals surface area contributed by atoms with Gasteiger partial charge in [0, 0.05) is 29.9 Å². The van der Waals surface area contributed by atoms with Crippen LogP contribution in [0.15, 0.2) is 67.0 Å². The highest BCUT2D eigenvalue weighted by Crippen LogP contribution is 2.28. The van der Waals surface area contributed by atoms with Gasteiger partial charge in [-0.05, 0) is 55.6 Å². The first kappa shape index (κ1) is 17.2. The van der Waals surface area contributed by atoms with Gasteiger partial charge in [-0.1, -0.05) is 24.3 Å². The van der Waals surface area contributed by atoms with E-state index in [0.29, 0.717) is 6.61 Å². The molecule has 5 nitrogen and oxygen atoms in total. The number of aromatic amines is 1. The number of hydrogen-bond donors (Lipinski definition) is 1. The van der Waals surface area contributed by atoms with Gasteiger partial charge >= 0.3 is 0 Å². The van der Waals surface area contributed by atoms with Gasteiger partial charge in [-0.2, -0.15) is 5.10 Å². The van der Waals surface area contributed by atoms with Crippen LogP contribution in [0.3, 0.4) is 0 Å². The summed E-state index contributed by atoms with van der Waals surface area (Å²) in [4.78, 5) is 6.25. The van der Waals surface area contributed by atoms with Crippen LogP contribution in [0.25, 0.3) is 22.0 Å². The lowest BCUT2D eigenvalue weighted by Crippen LogP contribution is -2.11. The first-order valence-electron chi connectivity index (χ1n) is 8.93. The van der Waals surface area contributed by atoms with Gasteiger partial charge < -0.3 is 9.64 Å². The number of nitrogens with one attached hydrogen (secondary N) is 1. The molecule has 0 bridgehead atoms. The van der Waals surface area contributed by atoms with E-state index in [4.69, 9.17) is 4.74 Å². The van der Waals surface area contributed by atoms with Gasteiger partial charge in [0.2, 0.25) is 0 Å². The molecule has 5 heteroatoms. The summed E-state index contributed by atoms with van der Waals surface area (Å²) in [5.74, 6) is 0.845. The maximum absolute atomic E-state index is 5.94. The lowest BCUT2D eigenvalue weighted by Gasteiger charge is -2.10. The maximum Gasteiger partial charge on any atom is 0.120 e. The minimum atomic E-state index is 0.505. The summed E-state index contributed by atoms with van der Waals surface area (Å²) in [7, 11) is 4.11. The third-order valence-electron chi connectivity index (χ3n) is 4.40. The molecule has 0 saturated heterocycles. The molecule has 2 aromatic carbocycles. The highest BCUT2D eigenvalue weighted by Gasteiger charge is 2.09. The fraction of sp³-hybridized carbons (Fsp3) is 0.182. The molecule has 0 aliphatic rings. The second kappa shape index (κ2) is 7.60. The van der Waals surface area contributed by atoms with Crippen molar-refractivity contribution >= 4 is 10.9 Å². The van der Waals surface area contributed by atoms with E-state index in [1.807, 2.05) is 30.5 Å². The van der Waals surface area contributed by atoms with Crippen molar-refractivity contribution in [3.05, 3.63) is 78.2 Å². The molecule has 2 heterocycles. The zero-order chi connectivity index (χ0) is 18.6. The lowest BCUT2D eigenvalue weighted by atomic mass is 10.0. The third-order valence-corrected chi connectivity index (χ3v) is 4.40. The molecule has 0 amide bonds. The van der Waals surface area contributed by atoms with Gasteiger partial charge in [-0.15, -0.1) is 0 Å². The SMILES string of the molecule is CN(C)Cc1[nH]nc2ccc(-c3cccc(OCc4cccnc4)c3)cc12. The van der Waals surface area contributed by atoms with Crippen LogP contribution in [-0.2, 0) is 13.2 Å². The van der Waals surface area contributed by atoms with Gasteiger partial charge in [0.15, 0.2) is 0 Å². The molecular weight excluding hydrogens is 336 g/mol. The van der Waals surface area contributed by atoms with Crippen molar-refractivity contribution in [2.45, 2.75) is 13.2 Å². The molecule has 136 valence electrons. The Labute approximate surface area is 158 Å². The van der Waals surface area contributed by atoms with E-state index in [1.54, 1.807) is 6.20 Å². The summed E-state index contributed by atoms with van der Waals surface area (Å²) in [6.07, 6.45) is 3.59. The number of hydrogen-bond acceptors (Lipinski definition) is 4. The van der Waals surface area contributed by atoms with Crippen LogP contribution in [0.5, 0.6) is 5.75 Å². The molecule has 4 rings (SSSR count). The van der Waals surface area contributed by atoms with Crippen molar-refractivity contribution in [2.24, 2.45) is 0 Å². The molecule has 0 aliphatic carbocycles. The number of rotatable bonds is 6. The second-order valence-electron chi connectivity index (χ2n) is 6.85. The van der Waals surface area contributed by atoms with Crippen molar-refractivity contribution in [1.82, 2.24) is 20.1 Å². The maximum atomic E-state index is 5.94. The van der Waals surface area contributed by atoms with Gasteiger partial charge in [0.25, 0.3) is 0 Å². The molecule has 0 fully saturated rings. The van der Waals surface area contributed by atoms with Crippen molar-refractivity contribution in [1.29, 1.82) is 0 Å². The number of nitrogens with zero attached hydrogens (tertiary/aromatic N) is 3. The molecule has 0 aliphatic heterocycles. The monoisotopic (exact) mass is 358 g/mol. The average Bonchev–Trinajstić information content (AvgIpc) is 3.09. The van der Waals surface area contributed by atoms with E-state index in [2.05, 4.69) is 64.5 Å². The van der Waals surface area contributed by atoms with Crippen molar-refractivity contribution < 1.29 is 4.74 Å². The van der Waals surface area contributed by atoms with E-state index in [1.165, 1.54) is 0 Å². The predicted molar refractivity (Wildman–Crippen MR) is 107 cm³/mol. The molecule has 0 radical (unpaired) electrons. The number of aromatic nitrogens is 3. The van der Waals surface area contributed by atoms with Crippen LogP contribution in [0.4, 0.5) is 0 Å². The minimum absolute atomic E-state index is 0.505. The number of benzene rings is 2. The number of pyridine rings is 1. The molecule has 0 atom stereocenters. The molecule has 1 N–H and O–H groups in total. The molecular formula is C22H22N4O. The highest BCUT2D eigenvalue weighted by molar-refractivity contribution is 5.86. The zero-order valence-electron chi connectivity index (χ0n) is 15.5.